The maximum atomic E-state index is 14.8. The van der Waals surface area contributed by atoms with Crippen LogP contribution in [0, 0.1) is 5.82 Å². The van der Waals surface area contributed by atoms with Gasteiger partial charge in [0.05, 0.1) is 26.0 Å². The van der Waals surface area contributed by atoms with E-state index in [0.717, 1.165) is 23.8 Å². The summed E-state index contributed by atoms with van der Waals surface area (Å²) in [7, 11) is 2.80. The summed E-state index contributed by atoms with van der Waals surface area (Å²) in [6.07, 6.45) is 5.26. The maximum Gasteiger partial charge on any atom is 0.261 e. The van der Waals surface area contributed by atoms with E-state index in [0.29, 0.717) is 30.2 Å². The fourth-order valence-corrected chi connectivity index (χ4v) is 4.73. The minimum absolute atomic E-state index is 0.0515. The normalized spacial score (nSPS) is 15.7. The summed E-state index contributed by atoms with van der Waals surface area (Å²) >= 11 is 0. The van der Waals surface area contributed by atoms with Crippen LogP contribution in [0.2, 0.25) is 0 Å². The molecule has 1 aliphatic rings. The third-order valence-electron chi connectivity index (χ3n) is 6.52. The minimum Gasteiger partial charge on any atom is -0.493 e. The molecule has 1 aliphatic heterocycles. The molecule has 9 nitrogen and oxygen atoms in total. The Morgan fingerprint density at radius 1 is 1.16 bits per heavy atom. The maximum absolute atomic E-state index is 14.8. The van der Waals surface area contributed by atoms with Gasteiger partial charge in [0.1, 0.15) is 22.7 Å². The Labute approximate surface area is 218 Å². The highest BCUT2D eigenvalue weighted by molar-refractivity contribution is 6.01. The van der Waals surface area contributed by atoms with Crippen molar-refractivity contribution in [2.45, 2.75) is 25.3 Å². The lowest BCUT2D eigenvalue weighted by atomic mass is 9.97. The summed E-state index contributed by atoms with van der Waals surface area (Å²) < 4.78 is 31.1. The Kier molecular flexibility index (Phi) is 7.12. The van der Waals surface area contributed by atoms with Crippen molar-refractivity contribution in [2.75, 3.05) is 26.1 Å². The van der Waals surface area contributed by atoms with Crippen LogP contribution in [0.3, 0.4) is 0 Å². The predicted molar refractivity (Wildman–Crippen MR) is 140 cm³/mol. The molecule has 0 radical (unpaired) electrons. The average molecular weight is 519 g/mol. The van der Waals surface area contributed by atoms with Gasteiger partial charge in [0, 0.05) is 24.1 Å². The van der Waals surface area contributed by atoms with E-state index in [2.05, 4.69) is 15.5 Å². The number of para-hydroxylation sites is 1. The number of anilines is 1. The number of carbonyl (C=O) groups excluding carboxylic acids is 2. The van der Waals surface area contributed by atoms with E-state index in [1.807, 2.05) is 30.3 Å². The number of aromatic nitrogens is 2. The number of methoxy groups -OCH3 is 2. The largest absolute Gasteiger partial charge is 0.493 e. The third-order valence-corrected chi connectivity index (χ3v) is 6.52. The number of hydrogen-bond donors (Lipinski definition) is 2. The molecule has 196 valence electrons. The van der Waals surface area contributed by atoms with Crippen LogP contribution in [-0.2, 0) is 4.79 Å². The van der Waals surface area contributed by atoms with Crippen LogP contribution in [0.1, 0.15) is 47.1 Å². The number of H-pyrrole nitrogens is 1. The first kappa shape index (κ1) is 25.1. The molecular formula is C28H27FN4O5. The second kappa shape index (κ2) is 10.8. The van der Waals surface area contributed by atoms with Crippen molar-refractivity contribution >= 4 is 34.7 Å². The Bertz CT molecular complexity index is 1480. The first-order chi connectivity index (χ1) is 18.5. The quantitative estimate of drug-likeness (QED) is 0.320. The number of nitrogens with one attached hydrogen (secondary N) is 2. The Balaban J connectivity index is 1.32. The van der Waals surface area contributed by atoms with Crippen LogP contribution >= 0.6 is 0 Å². The lowest BCUT2D eigenvalue weighted by molar-refractivity contribution is -0.111. The zero-order valence-corrected chi connectivity index (χ0v) is 21.0. The number of fused-ring (bicyclic) bond motifs is 1. The molecule has 2 aromatic carbocycles. The standard InChI is InChI=1S/C28H27FN4O5/c1-36-23-12-11-19(29)26(27(23)37-2)28(35)33-14-6-5-8-21(33)20-16-24(32-31-20)30-25(34)13-10-18-15-17-7-3-4-9-22(17)38-18/h3-4,7,9-13,15-16,21H,5-6,8,14H2,1-2H3,(H2,30,31,32,34)/b13-10+. The van der Waals surface area contributed by atoms with Gasteiger partial charge in [-0.1, -0.05) is 18.2 Å². The number of hydrogen-bond acceptors (Lipinski definition) is 6. The fraction of sp³-hybridized carbons (Fsp3) is 0.250. The minimum atomic E-state index is -0.689. The van der Waals surface area contributed by atoms with E-state index in [1.54, 1.807) is 17.0 Å². The molecule has 0 bridgehead atoms. The number of likely N-dealkylation sites (tertiary alicyclic amines) is 1. The van der Waals surface area contributed by atoms with E-state index in [4.69, 9.17) is 13.9 Å². The van der Waals surface area contributed by atoms with Crippen molar-refractivity contribution in [2.24, 2.45) is 0 Å². The summed E-state index contributed by atoms with van der Waals surface area (Å²) in [5.74, 6) is -0.391. The molecule has 1 saturated heterocycles. The van der Waals surface area contributed by atoms with Crippen molar-refractivity contribution in [1.29, 1.82) is 0 Å². The van der Waals surface area contributed by atoms with Crippen molar-refractivity contribution in [3.05, 3.63) is 77.4 Å². The van der Waals surface area contributed by atoms with Gasteiger partial charge in [-0.15, -0.1) is 0 Å². The van der Waals surface area contributed by atoms with Crippen molar-refractivity contribution < 1.29 is 27.9 Å². The van der Waals surface area contributed by atoms with Gasteiger partial charge in [-0.3, -0.25) is 14.7 Å². The molecule has 0 aliphatic carbocycles. The van der Waals surface area contributed by atoms with Crippen LogP contribution in [0.15, 0.2) is 59.0 Å². The summed E-state index contributed by atoms with van der Waals surface area (Å²) in [6.45, 7) is 0.435. The first-order valence-electron chi connectivity index (χ1n) is 12.2. The van der Waals surface area contributed by atoms with Gasteiger partial charge < -0.3 is 24.1 Å². The Hall–Kier alpha value is -4.60. The smallest absolute Gasteiger partial charge is 0.261 e. The number of nitrogens with zero attached hydrogens (tertiary/aromatic N) is 2. The number of halogens is 1. The molecule has 2 N–H and O–H groups in total. The highest BCUT2D eigenvalue weighted by Crippen LogP contribution is 2.38. The molecule has 5 rings (SSSR count). The first-order valence-corrected chi connectivity index (χ1v) is 12.2. The van der Waals surface area contributed by atoms with Gasteiger partial charge in [-0.25, -0.2) is 4.39 Å². The number of benzene rings is 2. The van der Waals surface area contributed by atoms with E-state index in [1.165, 1.54) is 32.4 Å². The summed E-state index contributed by atoms with van der Waals surface area (Å²) in [5.41, 5.74) is 1.20. The number of amides is 2. The van der Waals surface area contributed by atoms with Crippen LogP contribution in [0.4, 0.5) is 10.2 Å². The molecule has 1 unspecified atom stereocenters. The fourth-order valence-electron chi connectivity index (χ4n) is 4.73. The van der Waals surface area contributed by atoms with Crippen molar-refractivity contribution in [3.63, 3.8) is 0 Å². The predicted octanol–water partition coefficient (Wildman–Crippen LogP) is 5.33. The van der Waals surface area contributed by atoms with Gasteiger partial charge in [0.2, 0.25) is 5.91 Å². The number of carbonyl (C=O) groups is 2. The topological polar surface area (TPSA) is 110 Å². The van der Waals surface area contributed by atoms with Crippen LogP contribution in [-0.4, -0.2) is 47.7 Å². The third kappa shape index (κ3) is 4.97. The number of piperidine rings is 1. The van der Waals surface area contributed by atoms with Gasteiger partial charge in [-0.05, 0) is 49.6 Å². The molecule has 2 amide bonds. The van der Waals surface area contributed by atoms with E-state index in [-0.39, 0.29) is 29.0 Å². The zero-order chi connectivity index (χ0) is 26.6. The second-order valence-electron chi connectivity index (χ2n) is 8.89. The highest BCUT2D eigenvalue weighted by atomic mass is 19.1. The summed E-state index contributed by atoms with van der Waals surface area (Å²) in [5, 5.41) is 10.8. The van der Waals surface area contributed by atoms with E-state index < -0.39 is 11.7 Å². The van der Waals surface area contributed by atoms with Crippen LogP contribution < -0.4 is 14.8 Å². The highest BCUT2D eigenvalue weighted by Gasteiger charge is 2.34. The van der Waals surface area contributed by atoms with Crippen molar-refractivity contribution in [1.82, 2.24) is 15.1 Å². The summed E-state index contributed by atoms with van der Waals surface area (Å²) in [6, 6.07) is 13.3. The molecule has 4 aromatic rings. The lowest BCUT2D eigenvalue weighted by Crippen LogP contribution is -2.39. The molecule has 38 heavy (non-hydrogen) atoms. The van der Waals surface area contributed by atoms with Gasteiger partial charge >= 0.3 is 0 Å². The monoisotopic (exact) mass is 518 g/mol. The molecular weight excluding hydrogens is 491 g/mol. The zero-order valence-electron chi connectivity index (χ0n) is 21.0. The van der Waals surface area contributed by atoms with E-state index >= 15 is 0 Å². The van der Waals surface area contributed by atoms with Gasteiger partial charge in [0.15, 0.2) is 17.3 Å². The molecule has 1 fully saturated rings. The molecule has 2 aromatic heterocycles. The van der Waals surface area contributed by atoms with Gasteiger partial charge in [0.25, 0.3) is 5.91 Å². The molecule has 0 spiro atoms. The number of rotatable bonds is 7. The number of ether oxygens (including phenoxy) is 2. The summed E-state index contributed by atoms with van der Waals surface area (Å²) in [4.78, 5) is 27.6. The number of aromatic amines is 1. The molecule has 0 saturated carbocycles. The SMILES string of the molecule is COc1ccc(F)c(C(=O)N2CCCCC2c2cc(NC(=O)/C=C/c3cc4ccccc4o3)n[nH]2)c1OC. The van der Waals surface area contributed by atoms with Crippen molar-refractivity contribution in [3.8, 4) is 11.5 Å². The molecule has 1 atom stereocenters. The van der Waals surface area contributed by atoms with Gasteiger partial charge in [-0.2, -0.15) is 5.10 Å². The van der Waals surface area contributed by atoms with E-state index in [9.17, 15) is 14.0 Å². The van der Waals surface area contributed by atoms with Crippen LogP contribution in [0.5, 0.6) is 11.5 Å². The van der Waals surface area contributed by atoms with Crippen LogP contribution in [0.25, 0.3) is 17.0 Å². The second-order valence-corrected chi connectivity index (χ2v) is 8.89. The average Bonchev–Trinajstić information content (AvgIpc) is 3.58. The Morgan fingerprint density at radius 2 is 2.00 bits per heavy atom. The lowest BCUT2D eigenvalue weighted by Gasteiger charge is -2.35. The molecule has 3 heterocycles. The number of furan rings is 1. The molecule has 10 heteroatoms. The Morgan fingerprint density at radius 3 is 2.79 bits per heavy atom.